The topological polar surface area (TPSA) is 96.2 Å². The summed E-state index contributed by atoms with van der Waals surface area (Å²) in [4.78, 5) is 28.7. The molecule has 1 heterocycles. The summed E-state index contributed by atoms with van der Waals surface area (Å²) >= 11 is 5.54. The molecular formula is C20H27N5O2S. The summed E-state index contributed by atoms with van der Waals surface area (Å²) in [5.41, 5.74) is 6.25. The monoisotopic (exact) mass is 401 g/mol. The number of thiocarbonyl (C=S) groups is 1. The maximum absolute atomic E-state index is 12.5. The number of aromatic amines is 1. The number of nitrogen functional groups attached to an aromatic ring is 1. The van der Waals surface area contributed by atoms with Crippen molar-refractivity contribution >= 4 is 28.8 Å². The molecule has 0 aliphatic heterocycles. The fourth-order valence-corrected chi connectivity index (χ4v) is 3.95. The average Bonchev–Trinajstić information content (AvgIpc) is 2.67. The van der Waals surface area contributed by atoms with Gasteiger partial charge < -0.3 is 16.0 Å². The third kappa shape index (κ3) is 4.27. The Labute approximate surface area is 169 Å². The highest BCUT2D eigenvalue weighted by Crippen LogP contribution is 2.24. The smallest absolute Gasteiger partial charge is 0.330 e. The molecular weight excluding hydrogens is 374 g/mol. The Morgan fingerprint density at radius 1 is 1.29 bits per heavy atom. The lowest BCUT2D eigenvalue weighted by Gasteiger charge is -2.33. The Kier molecular flexibility index (Phi) is 6.18. The second-order valence-corrected chi connectivity index (χ2v) is 7.83. The minimum atomic E-state index is -0.546. The van der Waals surface area contributed by atoms with E-state index < -0.39 is 11.2 Å². The molecule has 2 atom stereocenters. The van der Waals surface area contributed by atoms with Gasteiger partial charge in [-0.1, -0.05) is 50.1 Å². The molecule has 1 aliphatic carbocycles. The Bertz CT molecular complexity index is 953. The van der Waals surface area contributed by atoms with Crippen LogP contribution in [-0.4, -0.2) is 27.8 Å². The molecule has 0 bridgehead atoms. The molecule has 0 amide bonds. The Hall–Kier alpha value is -2.61. The van der Waals surface area contributed by atoms with Crippen LogP contribution in [0.3, 0.4) is 0 Å². The van der Waals surface area contributed by atoms with Gasteiger partial charge in [0.25, 0.3) is 5.56 Å². The van der Waals surface area contributed by atoms with Gasteiger partial charge in [-0.25, -0.2) is 4.79 Å². The Morgan fingerprint density at radius 2 is 1.96 bits per heavy atom. The molecule has 1 saturated carbocycles. The maximum Gasteiger partial charge on any atom is 0.330 e. The van der Waals surface area contributed by atoms with Crippen molar-refractivity contribution in [2.75, 3.05) is 17.7 Å². The maximum atomic E-state index is 12.5. The number of rotatable bonds is 4. The summed E-state index contributed by atoms with van der Waals surface area (Å²) in [6.07, 6.45) is 4.61. The Morgan fingerprint density at radius 3 is 2.64 bits per heavy atom. The first-order chi connectivity index (χ1) is 13.4. The van der Waals surface area contributed by atoms with Gasteiger partial charge in [-0.2, -0.15) is 0 Å². The fraction of sp³-hybridized carbons (Fsp3) is 0.450. The number of H-pyrrole nitrogens is 1. The van der Waals surface area contributed by atoms with E-state index in [0.29, 0.717) is 11.0 Å². The third-order valence-corrected chi connectivity index (χ3v) is 5.85. The molecule has 28 heavy (non-hydrogen) atoms. The summed E-state index contributed by atoms with van der Waals surface area (Å²) in [6.45, 7) is 2.48. The van der Waals surface area contributed by atoms with Crippen LogP contribution in [0.25, 0.3) is 0 Å². The van der Waals surface area contributed by atoms with Crippen LogP contribution in [-0.2, 0) is 6.54 Å². The van der Waals surface area contributed by atoms with Crippen molar-refractivity contribution in [1.82, 2.24) is 14.9 Å². The predicted octanol–water partition coefficient (Wildman–Crippen LogP) is 2.06. The van der Waals surface area contributed by atoms with Gasteiger partial charge in [0.1, 0.15) is 11.5 Å². The van der Waals surface area contributed by atoms with Gasteiger partial charge in [0.05, 0.1) is 6.54 Å². The molecule has 1 aromatic heterocycles. The van der Waals surface area contributed by atoms with Crippen LogP contribution < -0.4 is 27.2 Å². The average molecular weight is 402 g/mol. The first-order valence-electron chi connectivity index (χ1n) is 9.59. The second-order valence-electron chi connectivity index (χ2n) is 7.44. The summed E-state index contributed by atoms with van der Waals surface area (Å²) in [5.74, 6) is 0.615. The number of anilines is 2. The molecule has 1 fully saturated rings. The number of aromatic nitrogens is 2. The van der Waals surface area contributed by atoms with Crippen molar-refractivity contribution in [3.8, 4) is 0 Å². The van der Waals surface area contributed by atoms with Crippen molar-refractivity contribution in [2.45, 2.75) is 45.2 Å². The van der Waals surface area contributed by atoms with Gasteiger partial charge in [-0.05, 0) is 36.5 Å². The highest BCUT2D eigenvalue weighted by molar-refractivity contribution is 7.80. The van der Waals surface area contributed by atoms with Crippen LogP contribution in [0.5, 0.6) is 0 Å². The molecule has 0 unspecified atom stereocenters. The van der Waals surface area contributed by atoms with Gasteiger partial charge in [0.2, 0.25) is 0 Å². The number of hydrogen-bond acceptors (Lipinski definition) is 4. The zero-order valence-corrected chi connectivity index (χ0v) is 17.1. The van der Waals surface area contributed by atoms with Crippen molar-refractivity contribution in [3.63, 3.8) is 0 Å². The zero-order valence-electron chi connectivity index (χ0n) is 16.3. The number of benzene rings is 1. The highest BCUT2D eigenvalue weighted by atomic mass is 32.1. The van der Waals surface area contributed by atoms with E-state index in [1.165, 1.54) is 17.4 Å². The van der Waals surface area contributed by atoms with Crippen LogP contribution in [0.4, 0.5) is 11.5 Å². The normalized spacial score (nSPS) is 19.2. The van der Waals surface area contributed by atoms with E-state index in [1.807, 2.05) is 30.3 Å². The van der Waals surface area contributed by atoms with Gasteiger partial charge in [0, 0.05) is 13.1 Å². The lowest BCUT2D eigenvalue weighted by molar-refractivity contribution is 0.309. The second kappa shape index (κ2) is 8.60. The van der Waals surface area contributed by atoms with Crippen molar-refractivity contribution in [2.24, 2.45) is 5.92 Å². The van der Waals surface area contributed by atoms with E-state index >= 15 is 0 Å². The number of hydrogen-bond donors (Lipinski definition) is 3. The first kappa shape index (κ1) is 20.1. The summed E-state index contributed by atoms with van der Waals surface area (Å²) in [7, 11) is 1.70. The van der Waals surface area contributed by atoms with Crippen molar-refractivity contribution in [1.29, 1.82) is 0 Å². The van der Waals surface area contributed by atoms with E-state index in [9.17, 15) is 9.59 Å². The van der Waals surface area contributed by atoms with Gasteiger partial charge in [-0.15, -0.1) is 0 Å². The lowest BCUT2D eigenvalue weighted by atomic mass is 9.86. The highest BCUT2D eigenvalue weighted by Gasteiger charge is 2.25. The van der Waals surface area contributed by atoms with E-state index in [0.717, 1.165) is 18.4 Å². The molecule has 0 saturated heterocycles. The molecule has 8 heteroatoms. The van der Waals surface area contributed by atoms with Crippen molar-refractivity contribution < 1.29 is 0 Å². The van der Waals surface area contributed by atoms with Crippen molar-refractivity contribution in [3.05, 3.63) is 56.7 Å². The van der Waals surface area contributed by atoms with Crippen LogP contribution >= 0.6 is 12.2 Å². The summed E-state index contributed by atoms with van der Waals surface area (Å²) in [5, 5.41) is 3.80. The van der Waals surface area contributed by atoms with Crippen LogP contribution in [0.2, 0.25) is 0 Å². The number of nitrogens with one attached hydrogen (secondary N) is 2. The predicted molar refractivity (Wildman–Crippen MR) is 117 cm³/mol. The van der Waals surface area contributed by atoms with Gasteiger partial charge >= 0.3 is 5.69 Å². The minimum absolute atomic E-state index is 0.0981. The zero-order chi connectivity index (χ0) is 20.3. The van der Waals surface area contributed by atoms with Crippen LogP contribution in [0, 0.1) is 5.92 Å². The first-order valence-corrected chi connectivity index (χ1v) is 10.00. The van der Waals surface area contributed by atoms with E-state index in [2.05, 4.69) is 17.2 Å². The standard InChI is InChI=1S/C20H27N5O2S/c1-13-8-6-7-11-15(13)22-20(28)24(2)16-17(21)25(19(27)23-18(16)26)12-14-9-4-3-5-10-14/h3-5,9-10,13,15H,6-8,11-12,21H2,1-2H3,(H,22,28)(H,23,26,27)/t13-,15-/m1/s1. The number of nitrogens with two attached hydrogens (primary N) is 1. The molecule has 150 valence electrons. The van der Waals surface area contributed by atoms with Crippen LogP contribution in [0.1, 0.15) is 38.2 Å². The molecule has 7 nitrogen and oxygen atoms in total. The summed E-state index contributed by atoms with van der Waals surface area (Å²) < 4.78 is 1.36. The van der Waals surface area contributed by atoms with E-state index in [-0.39, 0.29) is 24.1 Å². The van der Waals surface area contributed by atoms with Gasteiger partial charge in [0.15, 0.2) is 5.11 Å². The molecule has 4 N–H and O–H groups in total. The molecule has 0 spiro atoms. The summed E-state index contributed by atoms with van der Waals surface area (Å²) in [6, 6.07) is 9.75. The quantitative estimate of drug-likeness (QED) is 0.679. The molecule has 3 rings (SSSR count). The van der Waals surface area contributed by atoms with Gasteiger partial charge in [-0.3, -0.25) is 14.3 Å². The van der Waals surface area contributed by atoms with E-state index in [4.69, 9.17) is 18.0 Å². The van der Waals surface area contributed by atoms with E-state index in [1.54, 1.807) is 11.9 Å². The molecule has 1 aliphatic rings. The molecule has 0 radical (unpaired) electrons. The molecule has 1 aromatic carbocycles. The third-order valence-electron chi connectivity index (χ3n) is 5.46. The fourth-order valence-electron chi connectivity index (χ4n) is 3.71. The lowest BCUT2D eigenvalue weighted by Crippen LogP contribution is -2.49. The Balaban J connectivity index is 1.88. The molecule has 2 aromatic rings. The van der Waals surface area contributed by atoms with Crippen LogP contribution in [0.15, 0.2) is 39.9 Å². The largest absolute Gasteiger partial charge is 0.383 e. The number of nitrogens with zero attached hydrogens (tertiary/aromatic N) is 2. The SMILES string of the molecule is C[C@@H]1CCCC[C@H]1NC(=S)N(C)c1c(N)n(Cc2ccccc2)c(=O)[nH]c1=O. The minimum Gasteiger partial charge on any atom is -0.383 e.